The Bertz CT molecular complexity index is 426. The molecule has 0 N–H and O–H groups in total. The first kappa shape index (κ1) is 8.63. The number of fused-ring (bicyclic) bond motifs is 1. The predicted octanol–water partition coefficient (Wildman–Crippen LogP) is 2.99. The van der Waals surface area contributed by atoms with Crippen molar-refractivity contribution in [3.05, 3.63) is 23.3 Å². The van der Waals surface area contributed by atoms with E-state index < -0.39 is 0 Å². The van der Waals surface area contributed by atoms with Crippen molar-refractivity contribution >= 4 is 21.7 Å². The van der Waals surface area contributed by atoms with Crippen molar-refractivity contribution in [2.24, 2.45) is 0 Å². The highest BCUT2D eigenvalue weighted by atomic mass is 32.1. The van der Waals surface area contributed by atoms with Crippen LogP contribution in [0.3, 0.4) is 0 Å². The van der Waals surface area contributed by atoms with E-state index in [0.29, 0.717) is 0 Å². The molecule has 0 bridgehead atoms. The second-order valence-corrected chi connectivity index (χ2v) is 4.98. The van der Waals surface area contributed by atoms with Gasteiger partial charge in [0.1, 0.15) is 10.3 Å². The van der Waals surface area contributed by atoms with E-state index in [2.05, 4.69) is 36.8 Å². The van der Waals surface area contributed by atoms with Crippen LogP contribution in [-0.4, -0.2) is 9.97 Å². The second-order valence-electron chi connectivity index (χ2n) is 4.15. The van der Waals surface area contributed by atoms with Crippen molar-refractivity contribution in [3.8, 4) is 0 Å². The molecule has 3 heteroatoms. The zero-order chi connectivity index (χ0) is 9.47. The van der Waals surface area contributed by atoms with Gasteiger partial charge in [-0.15, -0.1) is 11.3 Å². The zero-order valence-corrected chi connectivity index (χ0v) is 8.85. The molecular formula is C10H12N2S. The molecule has 0 aliphatic rings. The molecule has 0 saturated heterocycles. The van der Waals surface area contributed by atoms with Gasteiger partial charge in [-0.1, -0.05) is 20.8 Å². The highest BCUT2D eigenvalue weighted by Gasteiger charge is 2.14. The van der Waals surface area contributed by atoms with Gasteiger partial charge in [0.05, 0.1) is 5.51 Å². The molecule has 2 nitrogen and oxygen atoms in total. The molecule has 0 radical (unpaired) electrons. The van der Waals surface area contributed by atoms with Crippen molar-refractivity contribution in [1.29, 1.82) is 0 Å². The lowest BCUT2D eigenvalue weighted by Gasteiger charge is -2.17. The highest BCUT2D eigenvalue weighted by molar-refractivity contribution is 7.16. The van der Waals surface area contributed by atoms with Gasteiger partial charge in [-0.05, 0) is 17.0 Å². The quantitative estimate of drug-likeness (QED) is 0.641. The average molecular weight is 192 g/mol. The van der Waals surface area contributed by atoms with Gasteiger partial charge in [-0.2, -0.15) is 0 Å². The fraction of sp³-hybridized carbons (Fsp3) is 0.400. The van der Waals surface area contributed by atoms with Crippen LogP contribution in [0.25, 0.3) is 10.3 Å². The fourth-order valence-electron chi connectivity index (χ4n) is 1.17. The summed E-state index contributed by atoms with van der Waals surface area (Å²) in [5.74, 6) is 0. The Hall–Kier alpha value is -0.960. The van der Waals surface area contributed by atoms with Gasteiger partial charge >= 0.3 is 0 Å². The number of thiazole rings is 1. The lowest BCUT2D eigenvalue weighted by molar-refractivity contribution is 0.588. The Morgan fingerprint density at radius 2 is 2.00 bits per heavy atom. The van der Waals surface area contributed by atoms with Crippen molar-refractivity contribution in [2.45, 2.75) is 26.2 Å². The topological polar surface area (TPSA) is 25.8 Å². The van der Waals surface area contributed by atoms with E-state index in [9.17, 15) is 0 Å². The molecular weight excluding hydrogens is 180 g/mol. The number of aromatic nitrogens is 2. The van der Waals surface area contributed by atoms with Crippen LogP contribution in [0.1, 0.15) is 26.3 Å². The van der Waals surface area contributed by atoms with E-state index in [1.165, 1.54) is 5.56 Å². The molecule has 0 saturated carbocycles. The first-order chi connectivity index (χ1) is 6.07. The van der Waals surface area contributed by atoms with Crippen LogP contribution >= 0.6 is 11.3 Å². The number of pyridine rings is 1. The maximum Gasteiger partial charge on any atom is 0.143 e. The van der Waals surface area contributed by atoms with Crippen LogP contribution in [0, 0.1) is 0 Å². The molecule has 68 valence electrons. The molecule has 0 atom stereocenters. The number of hydrogen-bond acceptors (Lipinski definition) is 3. The third-order valence-corrected chi connectivity index (χ3v) is 2.80. The molecule has 2 rings (SSSR count). The number of hydrogen-bond donors (Lipinski definition) is 0. The Balaban J connectivity index is 2.61. The van der Waals surface area contributed by atoms with Gasteiger partial charge < -0.3 is 0 Å². The van der Waals surface area contributed by atoms with E-state index >= 15 is 0 Å². The van der Waals surface area contributed by atoms with E-state index in [-0.39, 0.29) is 5.41 Å². The summed E-state index contributed by atoms with van der Waals surface area (Å²) in [5, 5.41) is 0. The molecule has 2 aromatic rings. The molecule has 2 aromatic heterocycles. The van der Waals surface area contributed by atoms with Crippen molar-refractivity contribution in [1.82, 2.24) is 9.97 Å². The largest absolute Gasteiger partial charge is 0.243 e. The average Bonchev–Trinajstić information content (AvgIpc) is 2.47. The van der Waals surface area contributed by atoms with Gasteiger partial charge in [-0.3, -0.25) is 0 Å². The lowest BCUT2D eigenvalue weighted by atomic mass is 9.88. The summed E-state index contributed by atoms with van der Waals surface area (Å²) in [6.45, 7) is 6.55. The Morgan fingerprint density at radius 1 is 1.23 bits per heavy atom. The minimum absolute atomic E-state index is 0.158. The van der Waals surface area contributed by atoms with Crippen LogP contribution in [0.4, 0.5) is 0 Å². The van der Waals surface area contributed by atoms with Crippen LogP contribution in [-0.2, 0) is 5.41 Å². The number of rotatable bonds is 0. The van der Waals surface area contributed by atoms with Crippen LogP contribution in [0.5, 0.6) is 0 Å². The first-order valence-corrected chi connectivity index (χ1v) is 5.15. The molecule has 2 heterocycles. The maximum atomic E-state index is 4.36. The normalized spacial score (nSPS) is 12.2. The van der Waals surface area contributed by atoms with E-state index in [1.807, 2.05) is 11.7 Å². The van der Waals surface area contributed by atoms with Crippen LogP contribution < -0.4 is 0 Å². The molecule has 0 aliphatic heterocycles. The van der Waals surface area contributed by atoms with E-state index in [4.69, 9.17) is 0 Å². The SMILES string of the molecule is CC(C)(C)c1cnc2scnc2c1. The summed E-state index contributed by atoms with van der Waals surface area (Å²) < 4.78 is 0. The van der Waals surface area contributed by atoms with E-state index in [1.54, 1.807) is 11.3 Å². The van der Waals surface area contributed by atoms with Gasteiger partial charge in [0, 0.05) is 6.20 Å². The van der Waals surface area contributed by atoms with Gasteiger partial charge in [-0.25, -0.2) is 9.97 Å². The monoisotopic (exact) mass is 192 g/mol. The summed E-state index contributed by atoms with van der Waals surface area (Å²) in [5.41, 5.74) is 4.25. The van der Waals surface area contributed by atoms with Crippen molar-refractivity contribution in [2.75, 3.05) is 0 Å². The Morgan fingerprint density at radius 3 is 2.69 bits per heavy atom. The van der Waals surface area contributed by atoms with Gasteiger partial charge in [0.25, 0.3) is 0 Å². The van der Waals surface area contributed by atoms with E-state index in [0.717, 1.165) is 10.3 Å². The van der Waals surface area contributed by atoms with Gasteiger partial charge in [0.2, 0.25) is 0 Å². The summed E-state index contributed by atoms with van der Waals surface area (Å²) in [7, 11) is 0. The summed E-state index contributed by atoms with van der Waals surface area (Å²) >= 11 is 1.58. The van der Waals surface area contributed by atoms with Crippen molar-refractivity contribution in [3.63, 3.8) is 0 Å². The lowest BCUT2D eigenvalue weighted by Crippen LogP contribution is -2.11. The van der Waals surface area contributed by atoms with Gasteiger partial charge in [0.15, 0.2) is 0 Å². The van der Waals surface area contributed by atoms with Crippen molar-refractivity contribution < 1.29 is 0 Å². The molecule has 0 spiro atoms. The fourth-order valence-corrected chi connectivity index (χ4v) is 1.78. The molecule has 0 aliphatic carbocycles. The Labute approximate surface area is 81.7 Å². The summed E-state index contributed by atoms with van der Waals surface area (Å²) in [6.07, 6.45) is 1.94. The maximum absolute atomic E-state index is 4.36. The summed E-state index contributed by atoms with van der Waals surface area (Å²) in [4.78, 5) is 9.63. The third-order valence-electron chi connectivity index (χ3n) is 2.05. The minimum Gasteiger partial charge on any atom is -0.243 e. The molecule has 13 heavy (non-hydrogen) atoms. The molecule has 0 aromatic carbocycles. The predicted molar refractivity (Wildman–Crippen MR) is 56.1 cm³/mol. The minimum atomic E-state index is 0.158. The first-order valence-electron chi connectivity index (χ1n) is 4.27. The third kappa shape index (κ3) is 1.56. The standard InChI is InChI=1S/C10H12N2S/c1-10(2,3)7-4-8-9(11-5-7)13-6-12-8/h4-6H,1-3H3. The molecule has 0 unspecified atom stereocenters. The molecule has 0 fully saturated rings. The number of nitrogens with zero attached hydrogens (tertiary/aromatic N) is 2. The zero-order valence-electron chi connectivity index (χ0n) is 8.03. The van der Waals surface area contributed by atoms with Crippen LogP contribution in [0.2, 0.25) is 0 Å². The smallest absolute Gasteiger partial charge is 0.143 e. The molecule has 0 amide bonds. The van der Waals surface area contributed by atoms with Crippen LogP contribution in [0.15, 0.2) is 17.8 Å². The highest BCUT2D eigenvalue weighted by Crippen LogP contribution is 2.24. The Kier molecular flexibility index (Phi) is 1.84. The summed E-state index contributed by atoms with van der Waals surface area (Å²) in [6, 6.07) is 2.12. The second kappa shape index (κ2) is 2.77.